The normalized spacial score (nSPS) is 12.7. The maximum atomic E-state index is 13.5. The van der Waals surface area contributed by atoms with E-state index in [0.717, 1.165) is 21.5 Å². The molecule has 0 bridgehead atoms. The Morgan fingerprint density at radius 2 is 2.16 bits per heavy atom. The van der Waals surface area contributed by atoms with Crippen LogP contribution in [-0.2, 0) is 7.05 Å². The van der Waals surface area contributed by atoms with Crippen LogP contribution in [0, 0.1) is 12.7 Å². The highest BCUT2D eigenvalue weighted by Crippen LogP contribution is 2.27. The lowest BCUT2D eigenvalue weighted by Gasteiger charge is -2.25. The minimum Gasteiger partial charge on any atom is -0.349 e. The number of carbonyl (C=O) groups is 1. The van der Waals surface area contributed by atoms with Gasteiger partial charge in [-0.1, -0.05) is 12.1 Å². The summed E-state index contributed by atoms with van der Waals surface area (Å²) >= 11 is 1.43. The van der Waals surface area contributed by atoms with E-state index in [4.69, 9.17) is 0 Å². The summed E-state index contributed by atoms with van der Waals surface area (Å²) in [5, 5.41) is 8.32. The van der Waals surface area contributed by atoms with Crippen molar-refractivity contribution in [2.45, 2.75) is 13.0 Å². The van der Waals surface area contributed by atoms with Crippen LogP contribution in [0.25, 0.3) is 10.2 Å². The largest absolute Gasteiger partial charge is 0.349 e. The molecule has 0 saturated heterocycles. The summed E-state index contributed by atoms with van der Waals surface area (Å²) in [6.07, 6.45) is 0. The van der Waals surface area contributed by atoms with Gasteiger partial charge in [0.15, 0.2) is 0 Å². The van der Waals surface area contributed by atoms with Crippen LogP contribution in [-0.4, -0.2) is 41.2 Å². The van der Waals surface area contributed by atoms with E-state index >= 15 is 0 Å². The van der Waals surface area contributed by atoms with Crippen LogP contribution in [0.15, 0.2) is 30.3 Å². The van der Waals surface area contributed by atoms with Crippen molar-refractivity contribution in [3.63, 3.8) is 0 Å². The van der Waals surface area contributed by atoms with Gasteiger partial charge in [-0.3, -0.25) is 9.48 Å². The van der Waals surface area contributed by atoms with Crippen LogP contribution in [0.3, 0.4) is 0 Å². The molecule has 5 nitrogen and oxygen atoms in total. The van der Waals surface area contributed by atoms with Crippen LogP contribution < -0.4 is 5.32 Å². The van der Waals surface area contributed by atoms with E-state index in [1.54, 1.807) is 10.7 Å². The van der Waals surface area contributed by atoms with Crippen molar-refractivity contribution in [3.05, 3.63) is 52.3 Å². The third kappa shape index (κ3) is 3.57. The molecule has 3 rings (SSSR count). The standard InChI is InChI=1S/C18H21FN4OS/c1-11-14-9-16(25-18(14)23(4)21-11)17(24)20-10-15(22(2)3)12-6-5-7-13(19)8-12/h5-9,15H,10H2,1-4H3,(H,20,24). The highest BCUT2D eigenvalue weighted by molar-refractivity contribution is 7.20. The molecule has 2 aromatic heterocycles. The van der Waals surface area contributed by atoms with Crippen LogP contribution in [0.2, 0.25) is 0 Å². The quantitative estimate of drug-likeness (QED) is 0.761. The summed E-state index contributed by atoms with van der Waals surface area (Å²) in [5.41, 5.74) is 1.75. The summed E-state index contributed by atoms with van der Waals surface area (Å²) in [5.74, 6) is -0.396. The van der Waals surface area contributed by atoms with Gasteiger partial charge >= 0.3 is 0 Å². The van der Waals surface area contributed by atoms with E-state index < -0.39 is 0 Å². The van der Waals surface area contributed by atoms with Gasteiger partial charge in [0.1, 0.15) is 10.6 Å². The zero-order chi connectivity index (χ0) is 18.1. The molecule has 3 aromatic rings. The van der Waals surface area contributed by atoms with Gasteiger partial charge in [0, 0.05) is 19.0 Å². The summed E-state index contributed by atoms with van der Waals surface area (Å²) in [6, 6.07) is 8.26. The molecule has 1 amide bonds. The first kappa shape index (κ1) is 17.6. The van der Waals surface area contributed by atoms with Gasteiger partial charge in [0.05, 0.1) is 16.6 Å². The number of nitrogens with one attached hydrogen (secondary N) is 1. The summed E-state index contributed by atoms with van der Waals surface area (Å²) in [6.45, 7) is 2.34. The number of likely N-dealkylation sites (N-methyl/N-ethyl adjacent to an activating group) is 1. The lowest BCUT2D eigenvalue weighted by molar-refractivity contribution is 0.0946. The second kappa shape index (κ2) is 6.93. The maximum absolute atomic E-state index is 13.5. The first-order chi connectivity index (χ1) is 11.9. The Morgan fingerprint density at radius 1 is 1.40 bits per heavy atom. The van der Waals surface area contributed by atoms with Crippen LogP contribution in [0.5, 0.6) is 0 Å². The van der Waals surface area contributed by atoms with Crippen LogP contribution in [0.1, 0.15) is 27.0 Å². The highest BCUT2D eigenvalue weighted by atomic mass is 32.1. The van der Waals surface area contributed by atoms with E-state index in [-0.39, 0.29) is 17.8 Å². The molecule has 7 heteroatoms. The van der Waals surface area contributed by atoms with Gasteiger partial charge in [-0.15, -0.1) is 11.3 Å². The molecule has 0 aliphatic heterocycles. The second-order valence-electron chi connectivity index (χ2n) is 6.28. The topological polar surface area (TPSA) is 50.2 Å². The molecule has 0 radical (unpaired) electrons. The van der Waals surface area contributed by atoms with Crippen LogP contribution in [0.4, 0.5) is 4.39 Å². The number of aryl methyl sites for hydroxylation is 2. The number of amides is 1. The lowest BCUT2D eigenvalue weighted by Crippen LogP contribution is -2.34. The molecule has 1 unspecified atom stereocenters. The number of aromatic nitrogens is 2. The van der Waals surface area contributed by atoms with Crippen molar-refractivity contribution in [1.29, 1.82) is 0 Å². The third-order valence-corrected chi connectivity index (χ3v) is 5.43. The van der Waals surface area contributed by atoms with Crippen LogP contribution >= 0.6 is 11.3 Å². The van der Waals surface area contributed by atoms with Crippen molar-refractivity contribution >= 4 is 27.5 Å². The minimum absolute atomic E-state index is 0.0996. The first-order valence-corrected chi connectivity index (χ1v) is 8.81. The molecule has 0 spiro atoms. The number of fused-ring (bicyclic) bond motifs is 1. The molecule has 1 aromatic carbocycles. The van der Waals surface area contributed by atoms with Gasteiger partial charge in [-0.05, 0) is 44.8 Å². The minimum atomic E-state index is -0.275. The number of benzene rings is 1. The zero-order valence-electron chi connectivity index (χ0n) is 14.7. The Kier molecular flexibility index (Phi) is 4.87. The lowest BCUT2D eigenvalue weighted by atomic mass is 10.1. The Morgan fingerprint density at radius 3 is 2.80 bits per heavy atom. The molecule has 1 N–H and O–H groups in total. The van der Waals surface area contributed by atoms with Crippen molar-refractivity contribution in [3.8, 4) is 0 Å². The molecular formula is C18H21FN4OS. The predicted octanol–water partition coefficient (Wildman–Crippen LogP) is 3.12. The van der Waals surface area contributed by atoms with E-state index in [1.807, 2.05) is 45.1 Å². The average molecular weight is 360 g/mol. The van der Waals surface area contributed by atoms with Crippen molar-refractivity contribution < 1.29 is 9.18 Å². The van der Waals surface area contributed by atoms with Gasteiger partial charge in [-0.2, -0.15) is 5.10 Å². The Bertz CT molecular complexity index is 881. The van der Waals surface area contributed by atoms with Gasteiger partial charge in [0.2, 0.25) is 0 Å². The fourth-order valence-corrected chi connectivity index (χ4v) is 3.95. The van der Waals surface area contributed by atoms with Gasteiger partial charge in [0.25, 0.3) is 5.91 Å². The molecule has 0 saturated carbocycles. The number of rotatable bonds is 5. The van der Waals surface area contributed by atoms with Gasteiger partial charge in [-0.25, -0.2) is 4.39 Å². The zero-order valence-corrected chi connectivity index (χ0v) is 15.5. The van der Waals surface area contributed by atoms with Crippen molar-refractivity contribution in [1.82, 2.24) is 20.0 Å². The SMILES string of the molecule is Cc1nn(C)c2sc(C(=O)NCC(c3cccc(F)c3)N(C)C)cc12. The third-order valence-electron chi connectivity index (χ3n) is 4.23. The van der Waals surface area contributed by atoms with E-state index in [0.29, 0.717) is 11.4 Å². The first-order valence-electron chi connectivity index (χ1n) is 8.00. The second-order valence-corrected chi connectivity index (χ2v) is 7.31. The van der Waals surface area contributed by atoms with Crippen molar-refractivity contribution in [2.24, 2.45) is 7.05 Å². The molecule has 0 fully saturated rings. The highest BCUT2D eigenvalue weighted by Gasteiger charge is 2.19. The fraction of sp³-hybridized carbons (Fsp3) is 0.333. The van der Waals surface area contributed by atoms with E-state index in [2.05, 4.69) is 10.4 Å². The number of hydrogen-bond acceptors (Lipinski definition) is 4. The number of hydrogen-bond donors (Lipinski definition) is 1. The Balaban J connectivity index is 1.75. The van der Waals surface area contributed by atoms with Crippen molar-refractivity contribution in [2.75, 3.05) is 20.6 Å². The smallest absolute Gasteiger partial charge is 0.261 e. The molecule has 25 heavy (non-hydrogen) atoms. The fourth-order valence-electron chi connectivity index (χ4n) is 2.91. The summed E-state index contributed by atoms with van der Waals surface area (Å²) in [7, 11) is 5.70. The molecular weight excluding hydrogens is 339 g/mol. The number of carbonyl (C=O) groups excluding carboxylic acids is 1. The number of halogens is 1. The summed E-state index contributed by atoms with van der Waals surface area (Å²) in [4.78, 5) is 16.1. The molecule has 0 aliphatic carbocycles. The van der Waals surface area contributed by atoms with E-state index in [9.17, 15) is 9.18 Å². The number of nitrogens with zero attached hydrogens (tertiary/aromatic N) is 3. The molecule has 2 heterocycles. The summed E-state index contributed by atoms with van der Waals surface area (Å²) < 4.78 is 15.3. The molecule has 0 aliphatic rings. The molecule has 1 atom stereocenters. The Labute approximate surface area is 150 Å². The Hall–Kier alpha value is -2.25. The maximum Gasteiger partial charge on any atom is 0.261 e. The van der Waals surface area contributed by atoms with E-state index in [1.165, 1.54) is 23.5 Å². The average Bonchev–Trinajstić information content (AvgIpc) is 3.09. The molecule has 132 valence electrons. The monoisotopic (exact) mass is 360 g/mol. The number of thiophene rings is 1. The van der Waals surface area contributed by atoms with Gasteiger partial charge < -0.3 is 10.2 Å². The predicted molar refractivity (Wildman–Crippen MR) is 98.5 cm³/mol.